The van der Waals surface area contributed by atoms with E-state index in [0.717, 1.165) is 32.1 Å². The molecule has 0 aliphatic rings. The Labute approximate surface area is 159 Å². The van der Waals surface area contributed by atoms with Crippen molar-refractivity contribution in [2.75, 3.05) is 6.61 Å². The summed E-state index contributed by atoms with van der Waals surface area (Å²) in [5, 5.41) is 3.49. The number of halogens is 1. The Morgan fingerprint density at radius 1 is 1.32 bits per heavy atom. The lowest BCUT2D eigenvalue weighted by Crippen LogP contribution is -2.07. The van der Waals surface area contributed by atoms with E-state index in [1.807, 2.05) is 18.4 Å². The largest absolute Gasteiger partial charge is 0.466 e. The molecule has 4 nitrogen and oxygen atoms in total. The van der Waals surface area contributed by atoms with E-state index in [1.165, 1.54) is 11.3 Å². The van der Waals surface area contributed by atoms with Gasteiger partial charge in [0.2, 0.25) is 0 Å². The third-order valence-corrected chi connectivity index (χ3v) is 5.96. The Morgan fingerprint density at radius 2 is 2.16 bits per heavy atom. The number of nitrogens with zero attached hydrogens (tertiary/aromatic N) is 2. The summed E-state index contributed by atoms with van der Waals surface area (Å²) in [7, 11) is 0. The van der Waals surface area contributed by atoms with E-state index in [-0.39, 0.29) is 12.4 Å². The van der Waals surface area contributed by atoms with Crippen LogP contribution in [0.15, 0.2) is 34.0 Å². The molecule has 0 aliphatic heterocycles. The zero-order valence-electron chi connectivity index (χ0n) is 13.9. The summed E-state index contributed by atoms with van der Waals surface area (Å²) in [5.41, 5.74) is 3.79. The fourth-order valence-electron chi connectivity index (χ4n) is 2.33. The number of carbonyl (C=O) groups is 1. The number of esters is 1. The summed E-state index contributed by atoms with van der Waals surface area (Å²) in [6, 6.07) is 8.23. The molecule has 3 rings (SSSR count). The van der Waals surface area contributed by atoms with Gasteiger partial charge in [0.15, 0.2) is 0 Å². The van der Waals surface area contributed by atoms with Gasteiger partial charge in [-0.25, -0.2) is 9.97 Å². The number of ether oxygens (including phenoxy) is 1. The number of hydrogen-bond acceptors (Lipinski definition) is 6. The van der Waals surface area contributed by atoms with Gasteiger partial charge < -0.3 is 4.74 Å². The van der Waals surface area contributed by atoms with Gasteiger partial charge in [0.05, 0.1) is 24.2 Å². The maximum absolute atomic E-state index is 11.5. The molecule has 130 valence electrons. The number of hydrogen-bond donors (Lipinski definition) is 0. The van der Waals surface area contributed by atoms with Gasteiger partial charge in [-0.1, -0.05) is 35.5 Å². The second kappa shape index (κ2) is 8.17. The molecule has 0 bridgehead atoms. The highest BCUT2D eigenvalue weighted by Crippen LogP contribution is 2.30. The van der Waals surface area contributed by atoms with Crippen LogP contribution in [0.25, 0.3) is 10.9 Å². The highest BCUT2D eigenvalue weighted by Gasteiger charge is 2.11. The van der Waals surface area contributed by atoms with E-state index >= 15 is 0 Å². The molecule has 0 amide bonds. The molecule has 0 unspecified atom stereocenters. The predicted molar refractivity (Wildman–Crippen MR) is 104 cm³/mol. The van der Waals surface area contributed by atoms with Crippen molar-refractivity contribution in [3.05, 3.63) is 51.6 Å². The van der Waals surface area contributed by atoms with Gasteiger partial charge >= 0.3 is 5.97 Å². The van der Waals surface area contributed by atoms with Crippen LogP contribution in [0.5, 0.6) is 0 Å². The molecule has 1 aromatic carbocycles. The van der Waals surface area contributed by atoms with Gasteiger partial charge in [-0.05, 0) is 31.5 Å². The normalized spacial score (nSPS) is 11.0. The van der Waals surface area contributed by atoms with Crippen molar-refractivity contribution < 1.29 is 9.53 Å². The van der Waals surface area contributed by atoms with E-state index in [9.17, 15) is 4.79 Å². The molecule has 0 radical (unpaired) electrons. The van der Waals surface area contributed by atoms with Gasteiger partial charge in [-0.15, -0.1) is 11.3 Å². The minimum atomic E-state index is -0.249. The molecule has 0 atom stereocenters. The minimum absolute atomic E-state index is 0.211. The number of fused-ring (bicyclic) bond motifs is 1. The number of carbonyl (C=O) groups excluding carboxylic acids is 1. The summed E-state index contributed by atoms with van der Waals surface area (Å²) >= 11 is 9.44. The molecule has 0 saturated heterocycles. The Hall–Kier alpha value is -1.63. The van der Waals surface area contributed by atoms with Crippen LogP contribution >= 0.6 is 34.7 Å². The molecule has 3 aromatic rings. The standard InChI is InChI=1S/C18H17ClN2O2S2/c1-3-23-16(22)8-14-10-25-18(20-14)24-9-13-7-12-5-4-11(2)6-15(12)21-17(13)19/h4-7,10H,3,8-9H2,1-2H3. The quantitative estimate of drug-likeness (QED) is 0.333. The fourth-order valence-corrected chi connectivity index (χ4v) is 4.44. The number of pyridine rings is 1. The van der Waals surface area contributed by atoms with Crippen LogP contribution in [-0.4, -0.2) is 22.5 Å². The lowest BCUT2D eigenvalue weighted by Gasteiger charge is -2.06. The zero-order chi connectivity index (χ0) is 17.8. The molecule has 2 heterocycles. The fraction of sp³-hybridized carbons (Fsp3) is 0.278. The third-order valence-electron chi connectivity index (χ3n) is 3.51. The molecule has 0 saturated carbocycles. The van der Waals surface area contributed by atoms with Crippen molar-refractivity contribution in [2.45, 2.75) is 30.4 Å². The van der Waals surface area contributed by atoms with Crippen LogP contribution in [0.3, 0.4) is 0 Å². The Morgan fingerprint density at radius 3 is 2.96 bits per heavy atom. The van der Waals surface area contributed by atoms with Crippen molar-refractivity contribution in [2.24, 2.45) is 0 Å². The summed E-state index contributed by atoms with van der Waals surface area (Å²) in [6.07, 6.45) is 0.211. The number of benzene rings is 1. The molecule has 0 fully saturated rings. The van der Waals surface area contributed by atoms with Crippen LogP contribution in [-0.2, 0) is 21.7 Å². The number of thiazole rings is 1. The van der Waals surface area contributed by atoms with Crippen LogP contribution in [0.1, 0.15) is 23.7 Å². The summed E-state index contributed by atoms with van der Waals surface area (Å²) in [6.45, 7) is 4.22. The van der Waals surface area contributed by atoms with Crippen LogP contribution in [0.2, 0.25) is 5.15 Å². The van der Waals surface area contributed by atoms with E-state index in [0.29, 0.717) is 17.5 Å². The average molecular weight is 393 g/mol. The summed E-state index contributed by atoms with van der Waals surface area (Å²) < 4.78 is 5.84. The van der Waals surface area contributed by atoms with E-state index in [2.05, 4.69) is 28.2 Å². The monoisotopic (exact) mass is 392 g/mol. The molecule has 7 heteroatoms. The van der Waals surface area contributed by atoms with Gasteiger partial charge in [0.25, 0.3) is 0 Å². The maximum Gasteiger partial charge on any atom is 0.311 e. The molecular formula is C18H17ClN2O2S2. The third kappa shape index (κ3) is 4.71. The second-order valence-electron chi connectivity index (χ2n) is 5.51. The summed E-state index contributed by atoms with van der Waals surface area (Å²) in [5.74, 6) is 0.434. The van der Waals surface area contributed by atoms with E-state index < -0.39 is 0 Å². The zero-order valence-corrected chi connectivity index (χ0v) is 16.3. The highest BCUT2D eigenvalue weighted by molar-refractivity contribution is 8.00. The molecular weight excluding hydrogens is 376 g/mol. The molecule has 0 N–H and O–H groups in total. The molecule has 2 aromatic heterocycles. The Balaban J connectivity index is 1.68. The number of aromatic nitrogens is 2. The van der Waals surface area contributed by atoms with Crippen molar-refractivity contribution in [3.63, 3.8) is 0 Å². The van der Waals surface area contributed by atoms with Crippen LogP contribution in [0, 0.1) is 6.92 Å². The van der Waals surface area contributed by atoms with Gasteiger partial charge in [-0.3, -0.25) is 4.79 Å². The van der Waals surface area contributed by atoms with Crippen molar-refractivity contribution in [1.29, 1.82) is 0 Å². The molecule has 0 aliphatic carbocycles. The lowest BCUT2D eigenvalue weighted by molar-refractivity contribution is -0.142. The Kier molecular flexibility index (Phi) is 5.93. The van der Waals surface area contributed by atoms with Crippen molar-refractivity contribution in [1.82, 2.24) is 9.97 Å². The Bertz CT molecular complexity index is 911. The SMILES string of the molecule is CCOC(=O)Cc1csc(SCc2cc3ccc(C)cc3nc2Cl)n1. The minimum Gasteiger partial charge on any atom is -0.466 e. The van der Waals surface area contributed by atoms with Gasteiger partial charge in [0, 0.05) is 22.1 Å². The van der Waals surface area contributed by atoms with E-state index in [4.69, 9.17) is 16.3 Å². The average Bonchev–Trinajstić information content (AvgIpc) is 3.00. The lowest BCUT2D eigenvalue weighted by atomic mass is 10.1. The van der Waals surface area contributed by atoms with Crippen LogP contribution in [0.4, 0.5) is 0 Å². The number of rotatable bonds is 6. The van der Waals surface area contributed by atoms with E-state index in [1.54, 1.807) is 18.7 Å². The smallest absolute Gasteiger partial charge is 0.311 e. The molecule has 25 heavy (non-hydrogen) atoms. The van der Waals surface area contributed by atoms with Gasteiger partial charge in [0.1, 0.15) is 9.49 Å². The number of aryl methyl sites for hydroxylation is 1. The first-order valence-corrected chi connectivity index (χ1v) is 10.1. The van der Waals surface area contributed by atoms with Gasteiger partial charge in [-0.2, -0.15) is 0 Å². The van der Waals surface area contributed by atoms with Crippen LogP contribution < -0.4 is 0 Å². The molecule has 0 spiro atoms. The maximum atomic E-state index is 11.5. The van der Waals surface area contributed by atoms with Crippen molar-refractivity contribution in [3.8, 4) is 0 Å². The van der Waals surface area contributed by atoms with Crippen molar-refractivity contribution >= 4 is 51.6 Å². The first-order chi connectivity index (χ1) is 12.0. The number of thioether (sulfide) groups is 1. The highest BCUT2D eigenvalue weighted by atomic mass is 35.5. The first kappa shape index (κ1) is 18.2. The predicted octanol–water partition coefficient (Wildman–Crippen LogP) is 5.05. The first-order valence-electron chi connectivity index (χ1n) is 7.83. The topological polar surface area (TPSA) is 52.1 Å². The summed E-state index contributed by atoms with van der Waals surface area (Å²) in [4.78, 5) is 20.5. The second-order valence-corrected chi connectivity index (χ2v) is 7.95.